The number of carbonyl (C=O) groups excluding carboxylic acids is 1. The van der Waals surface area contributed by atoms with Crippen molar-refractivity contribution in [2.45, 2.75) is 56.5 Å². The minimum absolute atomic E-state index is 0.0507. The molecule has 0 unspecified atom stereocenters. The topological polar surface area (TPSA) is 79.0 Å². The Hall–Kier alpha value is -1.64. The second-order valence-electron chi connectivity index (χ2n) is 7.51. The van der Waals surface area contributed by atoms with Crippen molar-refractivity contribution >= 4 is 15.9 Å². The van der Waals surface area contributed by atoms with Crippen LogP contribution in [0.4, 0.5) is 0 Å². The first-order valence-corrected chi connectivity index (χ1v) is 11.6. The Morgan fingerprint density at radius 1 is 1.14 bits per heavy atom. The molecule has 1 aromatic rings. The second-order valence-corrected chi connectivity index (χ2v) is 9.45. The van der Waals surface area contributed by atoms with Gasteiger partial charge in [-0.2, -0.15) is 4.31 Å². The zero-order valence-electron chi connectivity index (χ0n) is 16.8. The van der Waals surface area contributed by atoms with Crippen LogP contribution < -0.4 is 10.1 Å². The van der Waals surface area contributed by atoms with Crippen LogP contribution in [0.3, 0.4) is 0 Å². The van der Waals surface area contributed by atoms with Gasteiger partial charge in [-0.05, 0) is 51.0 Å². The Morgan fingerprint density at radius 2 is 1.75 bits per heavy atom. The van der Waals surface area contributed by atoms with Crippen molar-refractivity contribution in [1.82, 2.24) is 14.5 Å². The summed E-state index contributed by atoms with van der Waals surface area (Å²) in [6.07, 6.45) is 4.49. The first-order chi connectivity index (χ1) is 13.4. The van der Waals surface area contributed by atoms with E-state index < -0.39 is 10.0 Å². The third-order valence-electron chi connectivity index (χ3n) is 5.67. The molecule has 8 heteroatoms. The summed E-state index contributed by atoms with van der Waals surface area (Å²) in [5.74, 6) is 0.711. The third-order valence-corrected chi connectivity index (χ3v) is 7.59. The average molecular weight is 410 g/mol. The highest BCUT2D eigenvalue weighted by Crippen LogP contribution is 2.22. The molecule has 0 radical (unpaired) electrons. The molecule has 156 valence electrons. The molecular formula is C20H31N3O4S. The van der Waals surface area contributed by atoms with Crippen molar-refractivity contribution in [3.8, 4) is 5.75 Å². The number of hydrogen-bond acceptors (Lipinski definition) is 5. The summed E-state index contributed by atoms with van der Waals surface area (Å²) in [4.78, 5) is 14.8. The van der Waals surface area contributed by atoms with E-state index in [1.165, 1.54) is 17.1 Å². The van der Waals surface area contributed by atoms with Crippen LogP contribution >= 0.6 is 0 Å². The molecule has 1 aliphatic carbocycles. The molecule has 7 nitrogen and oxygen atoms in total. The number of ether oxygens (including phenoxy) is 1. The van der Waals surface area contributed by atoms with Crippen LogP contribution in [0.15, 0.2) is 29.2 Å². The largest absolute Gasteiger partial charge is 0.494 e. The van der Waals surface area contributed by atoms with Crippen molar-refractivity contribution in [2.75, 3.05) is 32.8 Å². The van der Waals surface area contributed by atoms with Gasteiger partial charge in [-0.3, -0.25) is 9.69 Å². The minimum Gasteiger partial charge on any atom is -0.494 e. The molecule has 3 rings (SSSR count). The van der Waals surface area contributed by atoms with E-state index in [1.54, 1.807) is 24.3 Å². The summed E-state index contributed by atoms with van der Waals surface area (Å²) in [5.41, 5.74) is 0. The Morgan fingerprint density at radius 3 is 2.32 bits per heavy atom. The summed E-state index contributed by atoms with van der Waals surface area (Å²) in [7, 11) is -3.53. The van der Waals surface area contributed by atoms with E-state index in [0.717, 1.165) is 12.8 Å². The van der Waals surface area contributed by atoms with Crippen LogP contribution in [-0.2, 0) is 14.8 Å². The van der Waals surface area contributed by atoms with Crippen molar-refractivity contribution in [1.29, 1.82) is 0 Å². The van der Waals surface area contributed by atoms with E-state index in [2.05, 4.69) is 10.2 Å². The fraction of sp³-hybridized carbons (Fsp3) is 0.650. The molecule has 1 amide bonds. The van der Waals surface area contributed by atoms with E-state index in [1.807, 2.05) is 13.8 Å². The van der Waals surface area contributed by atoms with E-state index >= 15 is 0 Å². The fourth-order valence-electron chi connectivity index (χ4n) is 3.91. The molecular weight excluding hydrogens is 378 g/mol. The highest BCUT2D eigenvalue weighted by Gasteiger charge is 2.32. The van der Waals surface area contributed by atoms with Gasteiger partial charge < -0.3 is 10.1 Å². The Kier molecular flexibility index (Phi) is 6.95. The molecule has 1 saturated carbocycles. The summed E-state index contributed by atoms with van der Waals surface area (Å²) in [5, 5.41) is 3.13. The smallest absolute Gasteiger partial charge is 0.243 e. The normalized spacial score (nSPS) is 20.8. The summed E-state index contributed by atoms with van der Waals surface area (Å²) in [6.45, 7) is 6.21. The molecule has 0 bridgehead atoms. The monoisotopic (exact) mass is 409 g/mol. The van der Waals surface area contributed by atoms with Gasteiger partial charge in [0.15, 0.2) is 0 Å². The van der Waals surface area contributed by atoms with Gasteiger partial charge in [-0.25, -0.2) is 8.42 Å². The molecule has 28 heavy (non-hydrogen) atoms. The van der Waals surface area contributed by atoms with Crippen LogP contribution in [0.25, 0.3) is 0 Å². The lowest BCUT2D eigenvalue weighted by molar-refractivity contribution is -0.127. The van der Waals surface area contributed by atoms with Crippen LogP contribution in [0.1, 0.15) is 39.5 Å². The van der Waals surface area contributed by atoms with Gasteiger partial charge in [0.2, 0.25) is 15.9 Å². The SMILES string of the molecule is CCOc1ccc(S(=O)(=O)N2CCN([C@@H](C)C(=O)NC3CCCC3)CC2)cc1. The highest BCUT2D eigenvalue weighted by molar-refractivity contribution is 7.89. The predicted octanol–water partition coefficient (Wildman–Crippen LogP) is 1.84. The maximum Gasteiger partial charge on any atom is 0.243 e. The molecule has 0 spiro atoms. The van der Waals surface area contributed by atoms with Crippen LogP contribution in [0.2, 0.25) is 0 Å². The molecule has 2 aliphatic rings. The van der Waals surface area contributed by atoms with Gasteiger partial charge in [0, 0.05) is 32.2 Å². The second kappa shape index (κ2) is 9.24. The molecule has 0 aromatic heterocycles. The van der Waals surface area contributed by atoms with Crippen LogP contribution in [0.5, 0.6) is 5.75 Å². The van der Waals surface area contributed by atoms with Gasteiger partial charge in [0.1, 0.15) is 5.75 Å². The van der Waals surface area contributed by atoms with Gasteiger partial charge in [0.25, 0.3) is 0 Å². The average Bonchev–Trinajstić information content (AvgIpc) is 3.21. The molecule has 1 aromatic carbocycles. The van der Waals surface area contributed by atoms with Crippen molar-refractivity contribution in [2.24, 2.45) is 0 Å². The number of nitrogens with zero attached hydrogens (tertiary/aromatic N) is 2. The zero-order valence-corrected chi connectivity index (χ0v) is 17.6. The maximum atomic E-state index is 12.9. The van der Waals surface area contributed by atoms with Crippen LogP contribution in [0, 0.1) is 0 Å². The van der Waals surface area contributed by atoms with Gasteiger partial charge in [-0.15, -0.1) is 0 Å². The minimum atomic E-state index is -3.53. The van der Waals surface area contributed by atoms with E-state index in [4.69, 9.17) is 4.74 Å². The first-order valence-electron chi connectivity index (χ1n) is 10.2. The highest BCUT2D eigenvalue weighted by atomic mass is 32.2. The Bertz CT molecular complexity index is 752. The molecule has 1 N–H and O–H groups in total. The molecule has 1 heterocycles. The standard InChI is InChI=1S/C20H31N3O4S/c1-3-27-18-8-10-19(11-9-18)28(25,26)23-14-12-22(13-15-23)16(2)20(24)21-17-6-4-5-7-17/h8-11,16-17H,3-7,12-15H2,1-2H3,(H,21,24)/t16-/m0/s1. The number of carbonyl (C=O) groups is 1. The molecule has 2 fully saturated rings. The summed E-state index contributed by atoms with van der Waals surface area (Å²) < 4.78 is 32.6. The van der Waals surface area contributed by atoms with Crippen molar-refractivity contribution in [3.63, 3.8) is 0 Å². The quantitative estimate of drug-likeness (QED) is 0.743. The number of nitrogens with one attached hydrogen (secondary N) is 1. The number of amides is 1. The lowest BCUT2D eigenvalue weighted by atomic mass is 10.2. The Labute approximate surface area is 168 Å². The fourth-order valence-corrected chi connectivity index (χ4v) is 5.33. The third kappa shape index (κ3) is 4.85. The maximum absolute atomic E-state index is 12.9. The molecule has 1 aliphatic heterocycles. The van der Waals surface area contributed by atoms with Crippen molar-refractivity contribution < 1.29 is 17.9 Å². The summed E-state index contributed by atoms with van der Waals surface area (Å²) >= 11 is 0. The number of benzene rings is 1. The Balaban J connectivity index is 1.55. The number of piperazine rings is 1. The lowest BCUT2D eigenvalue weighted by Crippen LogP contribution is -2.55. The van der Waals surface area contributed by atoms with E-state index in [9.17, 15) is 13.2 Å². The van der Waals surface area contributed by atoms with Crippen LogP contribution in [-0.4, -0.2) is 68.4 Å². The number of rotatable bonds is 7. The van der Waals surface area contributed by atoms with E-state index in [0.29, 0.717) is 44.6 Å². The van der Waals surface area contributed by atoms with Crippen molar-refractivity contribution in [3.05, 3.63) is 24.3 Å². The number of sulfonamides is 1. The zero-order chi connectivity index (χ0) is 20.1. The molecule has 1 atom stereocenters. The predicted molar refractivity (Wildman–Crippen MR) is 108 cm³/mol. The lowest BCUT2D eigenvalue weighted by Gasteiger charge is -2.37. The van der Waals surface area contributed by atoms with Gasteiger partial charge in [-0.1, -0.05) is 12.8 Å². The molecule has 1 saturated heterocycles. The van der Waals surface area contributed by atoms with E-state index in [-0.39, 0.29) is 16.8 Å². The van der Waals surface area contributed by atoms with Gasteiger partial charge in [0.05, 0.1) is 17.5 Å². The first kappa shape index (κ1) is 21.1. The summed E-state index contributed by atoms with van der Waals surface area (Å²) in [6, 6.07) is 6.60. The van der Waals surface area contributed by atoms with Gasteiger partial charge >= 0.3 is 0 Å². The number of hydrogen-bond donors (Lipinski definition) is 1.